The van der Waals surface area contributed by atoms with Gasteiger partial charge in [0.25, 0.3) is 0 Å². The van der Waals surface area contributed by atoms with Crippen LogP contribution in [0.1, 0.15) is 33.1 Å². The fraction of sp³-hybridized carbons (Fsp3) is 0.778. The average Bonchev–Trinajstić information content (AvgIpc) is 2.03. The van der Waals surface area contributed by atoms with Crippen molar-refractivity contribution in [1.82, 2.24) is 4.90 Å². The van der Waals surface area contributed by atoms with Gasteiger partial charge in [-0.15, -0.1) is 0 Å². The minimum atomic E-state index is -0.297. The van der Waals surface area contributed by atoms with E-state index < -0.39 is 0 Å². The first-order valence-corrected chi connectivity index (χ1v) is 4.41. The van der Waals surface area contributed by atoms with E-state index in [9.17, 15) is 4.79 Å². The lowest BCUT2D eigenvalue weighted by Crippen LogP contribution is -2.47. The molecule has 69 valence electrons. The fourth-order valence-corrected chi connectivity index (χ4v) is 1.86. The molecule has 1 aliphatic rings. The van der Waals surface area contributed by atoms with Gasteiger partial charge in [-0.1, -0.05) is 0 Å². The van der Waals surface area contributed by atoms with Crippen LogP contribution in [-0.2, 0) is 4.74 Å². The number of hydrogen-bond donors (Lipinski definition) is 0. The molecule has 12 heavy (non-hydrogen) atoms. The summed E-state index contributed by atoms with van der Waals surface area (Å²) in [5.41, 5.74) is 0. The Morgan fingerprint density at radius 2 is 1.92 bits per heavy atom. The van der Waals surface area contributed by atoms with Crippen molar-refractivity contribution in [3.8, 4) is 0 Å². The molecule has 0 aliphatic carbocycles. The van der Waals surface area contributed by atoms with Crippen molar-refractivity contribution < 1.29 is 9.53 Å². The van der Waals surface area contributed by atoms with Crippen LogP contribution in [0.3, 0.4) is 0 Å². The summed E-state index contributed by atoms with van der Waals surface area (Å²) in [6.07, 6.45) is 3.04. The lowest BCUT2D eigenvalue weighted by molar-refractivity contribution is 0.0773. The van der Waals surface area contributed by atoms with Crippen LogP contribution in [0.2, 0.25) is 0 Å². The molecule has 0 spiro atoms. The Bertz CT molecular complexity index is 160. The van der Waals surface area contributed by atoms with E-state index in [0.717, 1.165) is 12.8 Å². The van der Waals surface area contributed by atoms with Gasteiger partial charge in [0.2, 0.25) is 0 Å². The van der Waals surface area contributed by atoms with E-state index in [1.54, 1.807) is 4.90 Å². The number of likely N-dealkylation sites (tertiary alicyclic amines) is 1. The van der Waals surface area contributed by atoms with Crippen molar-refractivity contribution in [2.24, 2.45) is 0 Å². The molecular weight excluding hydrogens is 154 g/mol. The van der Waals surface area contributed by atoms with Crippen LogP contribution in [0.4, 0.5) is 4.79 Å². The minimum Gasteiger partial charge on any atom is -0.446 e. The highest BCUT2D eigenvalue weighted by molar-refractivity contribution is 5.68. The zero-order valence-electron chi connectivity index (χ0n) is 7.75. The Hall–Kier alpha value is -0.730. The second-order valence-corrected chi connectivity index (χ2v) is 3.45. The molecule has 0 N–H and O–H groups in total. The lowest BCUT2D eigenvalue weighted by atomic mass is 9.98. The Morgan fingerprint density at radius 1 is 1.42 bits per heavy atom. The van der Waals surface area contributed by atoms with E-state index in [1.165, 1.54) is 6.42 Å². The maximum atomic E-state index is 11.2. The summed E-state index contributed by atoms with van der Waals surface area (Å²) >= 11 is 0. The van der Waals surface area contributed by atoms with E-state index >= 15 is 0 Å². The third-order valence-electron chi connectivity index (χ3n) is 2.53. The van der Waals surface area contributed by atoms with E-state index in [0.29, 0.717) is 12.1 Å². The summed E-state index contributed by atoms with van der Waals surface area (Å²) in [6.45, 7) is 4.10. The van der Waals surface area contributed by atoms with Gasteiger partial charge in [0, 0.05) is 12.1 Å². The van der Waals surface area contributed by atoms with Gasteiger partial charge in [0.1, 0.15) is 7.11 Å². The van der Waals surface area contributed by atoms with Crippen molar-refractivity contribution in [3.63, 3.8) is 0 Å². The average molecular weight is 170 g/mol. The van der Waals surface area contributed by atoms with Crippen LogP contribution in [-0.4, -0.2) is 23.1 Å². The van der Waals surface area contributed by atoms with Crippen LogP contribution in [0.15, 0.2) is 0 Å². The van der Waals surface area contributed by atoms with Crippen LogP contribution in [0.5, 0.6) is 0 Å². The first-order valence-electron chi connectivity index (χ1n) is 4.41. The normalized spacial score (nSPS) is 30.1. The lowest BCUT2D eigenvalue weighted by Gasteiger charge is -2.37. The standard InChI is InChI=1S/C9H16NO2/c1-7-5-4-6-8(2)10(7)9(11)12-3/h7-8H,3-6H2,1-2H3/t7-,8+. The van der Waals surface area contributed by atoms with E-state index in [1.807, 2.05) is 13.8 Å². The topological polar surface area (TPSA) is 29.5 Å². The van der Waals surface area contributed by atoms with Crippen molar-refractivity contribution in [2.75, 3.05) is 0 Å². The number of nitrogens with zero attached hydrogens (tertiary/aromatic N) is 1. The number of amides is 1. The molecule has 3 nitrogen and oxygen atoms in total. The predicted molar refractivity (Wildman–Crippen MR) is 46.5 cm³/mol. The third-order valence-corrected chi connectivity index (χ3v) is 2.53. The number of piperidine rings is 1. The maximum Gasteiger partial charge on any atom is 0.410 e. The van der Waals surface area contributed by atoms with Crippen molar-refractivity contribution in [3.05, 3.63) is 7.11 Å². The van der Waals surface area contributed by atoms with Crippen LogP contribution >= 0.6 is 0 Å². The molecule has 1 fully saturated rings. The molecule has 3 heteroatoms. The molecule has 1 heterocycles. The zero-order chi connectivity index (χ0) is 9.14. The smallest absolute Gasteiger partial charge is 0.410 e. The van der Waals surface area contributed by atoms with Gasteiger partial charge < -0.3 is 9.64 Å². The predicted octanol–water partition coefficient (Wildman–Crippen LogP) is 2.18. The van der Waals surface area contributed by atoms with E-state index in [4.69, 9.17) is 0 Å². The zero-order valence-corrected chi connectivity index (χ0v) is 7.75. The van der Waals surface area contributed by atoms with Crippen molar-refractivity contribution in [1.29, 1.82) is 0 Å². The highest BCUT2D eigenvalue weighted by atomic mass is 16.5. The molecule has 0 aromatic heterocycles. The van der Waals surface area contributed by atoms with E-state index in [-0.39, 0.29) is 6.09 Å². The number of rotatable bonds is 0. The van der Waals surface area contributed by atoms with Gasteiger partial charge in [0.05, 0.1) is 0 Å². The summed E-state index contributed by atoms with van der Waals surface area (Å²) in [5.74, 6) is 0. The van der Waals surface area contributed by atoms with Gasteiger partial charge in [-0.25, -0.2) is 4.79 Å². The second-order valence-electron chi connectivity index (χ2n) is 3.45. The summed E-state index contributed by atoms with van der Waals surface area (Å²) in [7, 11) is 3.14. The Morgan fingerprint density at radius 3 is 2.33 bits per heavy atom. The van der Waals surface area contributed by atoms with Gasteiger partial charge in [-0.05, 0) is 33.1 Å². The summed E-state index contributed by atoms with van der Waals surface area (Å²) in [4.78, 5) is 13.0. The van der Waals surface area contributed by atoms with Gasteiger partial charge in [-0.2, -0.15) is 0 Å². The number of ether oxygens (including phenoxy) is 1. The largest absolute Gasteiger partial charge is 0.446 e. The van der Waals surface area contributed by atoms with Gasteiger partial charge >= 0.3 is 6.09 Å². The number of carbonyl (C=O) groups is 1. The van der Waals surface area contributed by atoms with Crippen LogP contribution in [0, 0.1) is 7.11 Å². The highest BCUT2D eigenvalue weighted by Crippen LogP contribution is 2.22. The molecule has 1 rings (SSSR count). The van der Waals surface area contributed by atoms with E-state index in [2.05, 4.69) is 11.8 Å². The molecule has 0 saturated carbocycles. The Kier molecular flexibility index (Phi) is 2.95. The Labute approximate surface area is 73.7 Å². The molecule has 0 aromatic rings. The fourth-order valence-electron chi connectivity index (χ4n) is 1.86. The molecular formula is C9H16NO2. The maximum absolute atomic E-state index is 11.2. The SMILES string of the molecule is [CH2]OC(=O)N1[C@H](C)CCC[C@@H]1C. The Balaban J connectivity index is 2.62. The third kappa shape index (κ3) is 1.71. The highest BCUT2D eigenvalue weighted by Gasteiger charge is 2.29. The van der Waals surface area contributed by atoms with Gasteiger partial charge in [-0.3, -0.25) is 0 Å². The summed E-state index contributed by atoms with van der Waals surface area (Å²) < 4.78 is 4.47. The van der Waals surface area contributed by atoms with Crippen LogP contribution < -0.4 is 0 Å². The minimum absolute atomic E-state index is 0.294. The molecule has 1 amide bonds. The first-order chi connectivity index (χ1) is 5.66. The van der Waals surface area contributed by atoms with Crippen molar-refractivity contribution in [2.45, 2.75) is 45.2 Å². The first kappa shape index (κ1) is 9.36. The molecule has 2 atom stereocenters. The molecule has 0 aromatic carbocycles. The summed E-state index contributed by atoms with van der Waals surface area (Å²) in [5, 5.41) is 0. The monoisotopic (exact) mass is 170 g/mol. The summed E-state index contributed by atoms with van der Waals surface area (Å²) in [6, 6.07) is 0.589. The second kappa shape index (κ2) is 3.78. The molecule has 0 bridgehead atoms. The number of hydrogen-bond acceptors (Lipinski definition) is 2. The quantitative estimate of drug-likeness (QED) is 0.557. The molecule has 1 saturated heterocycles. The molecule has 1 radical (unpaired) electrons. The van der Waals surface area contributed by atoms with Gasteiger partial charge in [0.15, 0.2) is 0 Å². The van der Waals surface area contributed by atoms with Crippen molar-refractivity contribution >= 4 is 6.09 Å². The molecule has 0 unspecified atom stereocenters. The van der Waals surface area contributed by atoms with Crippen LogP contribution in [0.25, 0.3) is 0 Å². The molecule has 1 aliphatic heterocycles. The number of carbonyl (C=O) groups excluding carboxylic acids is 1.